The summed E-state index contributed by atoms with van der Waals surface area (Å²) in [5.74, 6) is -0.611. The van der Waals surface area contributed by atoms with E-state index in [0.29, 0.717) is 12.8 Å². The Morgan fingerprint density at radius 2 is 1.93 bits per heavy atom. The van der Waals surface area contributed by atoms with Crippen molar-refractivity contribution in [1.82, 2.24) is 0 Å². The Kier molecular flexibility index (Phi) is 6.12. The SMILES string of the molecule is COC(=O)C(C)CC(=O)CCC(C)N. The first-order valence-electron chi connectivity index (χ1n) is 4.82. The van der Waals surface area contributed by atoms with Gasteiger partial charge in [0.2, 0.25) is 0 Å². The number of ketones is 1. The summed E-state index contributed by atoms with van der Waals surface area (Å²) in [6, 6.07) is 0.0346. The van der Waals surface area contributed by atoms with E-state index in [9.17, 15) is 9.59 Å². The number of methoxy groups -OCH3 is 1. The predicted molar refractivity (Wildman–Crippen MR) is 53.7 cm³/mol. The highest BCUT2D eigenvalue weighted by atomic mass is 16.5. The summed E-state index contributed by atoms with van der Waals surface area (Å²) in [6.07, 6.45) is 1.37. The molecule has 0 aromatic rings. The molecule has 2 N–H and O–H groups in total. The normalized spacial score (nSPS) is 14.6. The second-order valence-electron chi connectivity index (χ2n) is 3.68. The molecule has 14 heavy (non-hydrogen) atoms. The second kappa shape index (κ2) is 6.54. The lowest BCUT2D eigenvalue weighted by molar-refractivity contribution is -0.146. The van der Waals surface area contributed by atoms with Crippen LogP contribution < -0.4 is 5.73 Å². The van der Waals surface area contributed by atoms with Gasteiger partial charge in [-0.25, -0.2) is 0 Å². The molecule has 2 atom stereocenters. The van der Waals surface area contributed by atoms with Gasteiger partial charge in [0, 0.05) is 18.9 Å². The largest absolute Gasteiger partial charge is 0.469 e. The van der Waals surface area contributed by atoms with E-state index >= 15 is 0 Å². The molecule has 0 aromatic heterocycles. The lowest BCUT2D eigenvalue weighted by Crippen LogP contribution is -2.19. The molecule has 0 heterocycles. The van der Waals surface area contributed by atoms with Crippen molar-refractivity contribution in [2.75, 3.05) is 7.11 Å². The van der Waals surface area contributed by atoms with Crippen LogP contribution in [0.15, 0.2) is 0 Å². The summed E-state index contributed by atoms with van der Waals surface area (Å²) < 4.78 is 4.52. The number of nitrogens with two attached hydrogens (primary N) is 1. The molecule has 0 saturated carbocycles. The van der Waals surface area contributed by atoms with Crippen LogP contribution in [0.25, 0.3) is 0 Å². The molecule has 0 aliphatic carbocycles. The lowest BCUT2D eigenvalue weighted by Gasteiger charge is -2.08. The van der Waals surface area contributed by atoms with Gasteiger partial charge < -0.3 is 10.5 Å². The summed E-state index contributed by atoms with van der Waals surface area (Å²) in [5.41, 5.74) is 5.51. The summed E-state index contributed by atoms with van der Waals surface area (Å²) in [7, 11) is 1.32. The van der Waals surface area contributed by atoms with E-state index in [0.717, 1.165) is 0 Å². The number of ether oxygens (including phenoxy) is 1. The number of hydrogen-bond donors (Lipinski definition) is 1. The van der Waals surface area contributed by atoms with Crippen molar-refractivity contribution in [1.29, 1.82) is 0 Å². The third kappa shape index (κ3) is 5.70. The minimum atomic E-state index is -0.347. The average molecular weight is 201 g/mol. The lowest BCUT2D eigenvalue weighted by atomic mass is 10.0. The minimum absolute atomic E-state index is 0.0346. The molecular weight excluding hydrogens is 182 g/mol. The first-order valence-corrected chi connectivity index (χ1v) is 4.82. The van der Waals surface area contributed by atoms with E-state index in [1.807, 2.05) is 6.92 Å². The highest BCUT2D eigenvalue weighted by Gasteiger charge is 2.17. The summed E-state index contributed by atoms with van der Waals surface area (Å²) >= 11 is 0. The van der Waals surface area contributed by atoms with Gasteiger partial charge >= 0.3 is 5.97 Å². The highest BCUT2D eigenvalue weighted by Crippen LogP contribution is 2.08. The first kappa shape index (κ1) is 13.1. The van der Waals surface area contributed by atoms with Crippen LogP contribution in [0.2, 0.25) is 0 Å². The smallest absolute Gasteiger partial charge is 0.308 e. The van der Waals surface area contributed by atoms with Gasteiger partial charge in [-0.1, -0.05) is 6.92 Å². The van der Waals surface area contributed by atoms with Crippen molar-refractivity contribution in [2.24, 2.45) is 11.7 Å². The van der Waals surface area contributed by atoms with Crippen molar-refractivity contribution >= 4 is 11.8 Å². The minimum Gasteiger partial charge on any atom is -0.469 e. The van der Waals surface area contributed by atoms with Crippen LogP contribution >= 0.6 is 0 Å². The molecule has 0 radical (unpaired) electrons. The van der Waals surface area contributed by atoms with Crippen molar-refractivity contribution < 1.29 is 14.3 Å². The number of carbonyl (C=O) groups excluding carboxylic acids is 2. The number of Topliss-reactive ketones (excluding diaryl/α,β-unsaturated/α-hetero) is 1. The Balaban J connectivity index is 3.77. The monoisotopic (exact) mass is 201 g/mol. The summed E-state index contributed by atoms with van der Waals surface area (Å²) in [5, 5.41) is 0. The molecule has 0 spiro atoms. The number of carbonyl (C=O) groups is 2. The zero-order chi connectivity index (χ0) is 11.1. The molecule has 0 rings (SSSR count). The standard InChI is InChI=1S/C10H19NO3/c1-7(10(13)14-3)6-9(12)5-4-8(2)11/h7-8H,4-6,11H2,1-3H3. The fourth-order valence-electron chi connectivity index (χ4n) is 1.12. The molecule has 0 aliphatic heterocycles. The van der Waals surface area contributed by atoms with Gasteiger partial charge in [-0.3, -0.25) is 9.59 Å². The van der Waals surface area contributed by atoms with E-state index in [4.69, 9.17) is 5.73 Å². The Hall–Kier alpha value is -0.900. The molecule has 0 bridgehead atoms. The van der Waals surface area contributed by atoms with Gasteiger partial charge in [0.1, 0.15) is 5.78 Å². The van der Waals surface area contributed by atoms with E-state index in [1.165, 1.54) is 7.11 Å². The quantitative estimate of drug-likeness (QED) is 0.648. The molecule has 82 valence electrons. The van der Waals surface area contributed by atoms with Gasteiger partial charge in [-0.2, -0.15) is 0 Å². The second-order valence-corrected chi connectivity index (χ2v) is 3.68. The van der Waals surface area contributed by atoms with Crippen molar-refractivity contribution in [3.05, 3.63) is 0 Å². The van der Waals surface area contributed by atoms with Crippen LogP contribution in [-0.4, -0.2) is 24.9 Å². The molecular formula is C10H19NO3. The molecule has 0 amide bonds. The number of hydrogen-bond acceptors (Lipinski definition) is 4. The molecule has 4 heteroatoms. The first-order chi connectivity index (χ1) is 6.47. The molecule has 0 saturated heterocycles. The van der Waals surface area contributed by atoms with E-state index in [-0.39, 0.29) is 30.1 Å². The van der Waals surface area contributed by atoms with Gasteiger partial charge in [0.15, 0.2) is 0 Å². The van der Waals surface area contributed by atoms with Gasteiger partial charge in [-0.15, -0.1) is 0 Å². The Bertz CT molecular complexity index is 202. The molecule has 4 nitrogen and oxygen atoms in total. The van der Waals surface area contributed by atoms with E-state index in [1.54, 1.807) is 6.92 Å². The Morgan fingerprint density at radius 3 is 2.36 bits per heavy atom. The summed E-state index contributed by atoms with van der Waals surface area (Å²) in [4.78, 5) is 22.3. The highest BCUT2D eigenvalue weighted by molar-refractivity contribution is 5.84. The van der Waals surface area contributed by atoms with Crippen LogP contribution in [-0.2, 0) is 14.3 Å². The van der Waals surface area contributed by atoms with E-state index < -0.39 is 0 Å². The number of rotatable bonds is 6. The third-order valence-corrected chi connectivity index (χ3v) is 2.02. The van der Waals surface area contributed by atoms with Crippen LogP contribution in [0.5, 0.6) is 0 Å². The molecule has 0 aliphatic rings. The maximum absolute atomic E-state index is 11.3. The van der Waals surface area contributed by atoms with Gasteiger partial charge in [0.25, 0.3) is 0 Å². The van der Waals surface area contributed by atoms with Gasteiger partial charge in [-0.05, 0) is 13.3 Å². The van der Waals surface area contributed by atoms with Crippen LogP contribution in [0.4, 0.5) is 0 Å². The predicted octanol–water partition coefficient (Wildman–Crippen LogP) is 0.882. The molecule has 0 aromatic carbocycles. The zero-order valence-electron chi connectivity index (χ0n) is 9.08. The Morgan fingerprint density at radius 1 is 1.36 bits per heavy atom. The molecule has 0 fully saturated rings. The fourth-order valence-corrected chi connectivity index (χ4v) is 1.12. The topological polar surface area (TPSA) is 69.4 Å². The van der Waals surface area contributed by atoms with Crippen LogP contribution in [0, 0.1) is 5.92 Å². The zero-order valence-corrected chi connectivity index (χ0v) is 9.08. The third-order valence-electron chi connectivity index (χ3n) is 2.02. The maximum Gasteiger partial charge on any atom is 0.308 e. The van der Waals surface area contributed by atoms with Crippen molar-refractivity contribution in [2.45, 2.75) is 39.2 Å². The van der Waals surface area contributed by atoms with Crippen LogP contribution in [0.3, 0.4) is 0 Å². The van der Waals surface area contributed by atoms with Gasteiger partial charge in [0.05, 0.1) is 13.0 Å². The van der Waals surface area contributed by atoms with Crippen LogP contribution in [0.1, 0.15) is 33.1 Å². The average Bonchev–Trinajstić information content (AvgIpc) is 2.13. The summed E-state index contributed by atoms with van der Waals surface area (Å²) in [6.45, 7) is 3.55. The van der Waals surface area contributed by atoms with Crippen molar-refractivity contribution in [3.8, 4) is 0 Å². The van der Waals surface area contributed by atoms with E-state index in [2.05, 4.69) is 4.74 Å². The Labute approximate surface area is 84.8 Å². The maximum atomic E-state index is 11.3. The molecule has 2 unspecified atom stereocenters. The van der Waals surface area contributed by atoms with Crippen molar-refractivity contribution in [3.63, 3.8) is 0 Å². The number of esters is 1. The fraction of sp³-hybridized carbons (Fsp3) is 0.800.